The second kappa shape index (κ2) is 5.63. The Bertz CT molecular complexity index is 421. The van der Waals surface area contributed by atoms with Crippen LogP contribution < -0.4 is 5.32 Å². The highest BCUT2D eigenvalue weighted by Crippen LogP contribution is 2.33. The number of hydrogen-bond donors (Lipinski definition) is 1. The summed E-state index contributed by atoms with van der Waals surface area (Å²) in [6.45, 7) is 5.41. The molecule has 1 N–H and O–H groups in total. The van der Waals surface area contributed by atoms with Crippen molar-refractivity contribution in [3.05, 3.63) is 35.9 Å². The molecule has 19 heavy (non-hydrogen) atoms. The van der Waals surface area contributed by atoms with Crippen molar-refractivity contribution in [1.29, 1.82) is 0 Å². The van der Waals surface area contributed by atoms with Gasteiger partial charge in [-0.25, -0.2) is 0 Å². The van der Waals surface area contributed by atoms with Gasteiger partial charge < -0.3 is 5.32 Å². The maximum absolute atomic E-state index is 13.0. The van der Waals surface area contributed by atoms with Gasteiger partial charge in [0.1, 0.15) is 0 Å². The molecule has 0 aliphatic rings. The molecule has 2 nitrogen and oxygen atoms in total. The van der Waals surface area contributed by atoms with Gasteiger partial charge in [-0.05, 0) is 11.0 Å². The van der Waals surface area contributed by atoms with E-state index < -0.39 is 18.1 Å². The number of alkyl halides is 3. The van der Waals surface area contributed by atoms with Crippen molar-refractivity contribution < 1.29 is 18.0 Å². The smallest absolute Gasteiger partial charge is 0.341 e. The Morgan fingerprint density at radius 2 is 1.68 bits per heavy atom. The summed E-state index contributed by atoms with van der Waals surface area (Å²) in [5.41, 5.74) is -0.311. The molecule has 1 aromatic carbocycles. The standard InChI is InChI=1S/C14H18F3NO/c1-13(2,3)9-11(19)18-12(14(15,16)17)10-7-5-4-6-8-10/h4-8,12H,9H2,1-3H3,(H,18,19)/t12-/m0/s1. The summed E-state index contributed by atoms with van der Waals surface area (Å²) in [6, 6.07) is 5.43. The van der Waals surface area contributed by atoms with Gasteiger partial charge in [-0.15, -0.1) is 0 Å². The Morgan fingerprint density at radius 1 is 1.16 bits per heavy atom. The molecule has 0 aliphatic carbocycles. The molecule has 0 unspecified atom stereocenters. The van der Waals surface area contributed by atoms with Gasteiger partial charge in [0, 0.05) is 6.42 Å². The number of hydrogen-bond acceptors (Lipinski definition) is 1. The van der Waals surface area contributed by atoms with Crippen molar-refractivity contribution in [2.75, 3.05) is 0 Å². The molecule has 0 saturated carbocycles. The molecule has 0 bridgehead atoms. The summed E-state index contributed by atoms with van der Waals surface area (Å²) >= 11 is 0. The minimum atomic E-state index is -4.51. The molecule has 5 heteroatoms. The van der Waals surface area contributed by atoms with E-state index in [-0.39, 0.29) is 17.4 Å². The van der Waals surface area contributed by atoms with Gasteiger partial charge in [-0.1, -0.05) is 51.1 Å². The van der Waals surface area contributed by atoms with Crippen molar-refractivity contribution in [2.24, 2.45) is 5.41 Å². The lowest BCUT2D eigenvalue weighted by Gasteiger charge is -2.24. The van der Waals surface area contributed by atoms with Gasteiger partial charge in [0.05, 0.1) is 0 Å². The van der Waals surface area contributed by atoms with Crippen molar-refractivity contribution in [3.63, 3.8) is 0 Å². The summed E-state index contributed by atoms with van der Waals surface area (Å²) in [4.78, 5) is 11.7. The van der Waals surface area contributed by atoms with Crippen LogP contribution in [0.2, 0.25) is 0 Å². The molecule has 0 saturated heterocycles. The molecule has 0 fully saturated rings. The minimum absolute atomic E-state index is 0.0391. The van der Waals surface area contributed by atoms with Crippen molar-refractivity contribution in [2.45, 2.75) is 39.4 Å². The molecule has 0 aromatic heterocycles. The predicted octanol–water partition coefficient (Wildman–Crippen LogP) is 3.84. The largest absolute Gasteiger partial charge is 0.412 e. The van der Waals surface area contributed by atoms with E-state index in [0.717, 1.165) is 0 Å². The summed E-state index contributed by atoms with van der Waals surface area (Å²) in [7, 11) is 0. The van der Waals surface area contributed by atoms with Crippen LogP contribution in [0.25, 0.3) is 0 Å². The highest BCUT2D eigenvalue weighted by molar-refractivity contribution is 5.77. The van der Waals surface area contributed by atoms with Crippen molar-refractivity contribution in [3.8, 4) is 0 Å². The zero-order chi connectivity index (χ0) is 14.7. The first kappa shape index (κ1) is 15.5. The number of rotatable bonds is 3. The Morgan fingerprint density at radius 3 is 2.11 bits per heavy atom. The lowest BCUT2D eigenvalue weighted by atomic mass is 9.91. The molecule has 0 spiro atoms. The van der Waals surface area contributed by atoms with Crippen molar-refractivity contribution in [1.82, 2.24) is 5.32 Å². The van der Waals surface area contributed by atoms with Gasteiger partial charge in [-0.3, -0.25) is 4.79 Å². The molecule has 1 atom stereocenters. The monoisotopic (exact) mass is 273 g/mol. The highest BCUT2D eigenvalue weighted by Gasteiger charge is 2.41. The van der Waals surface area contributed by atoms with E-state index in [1.54, 1.807) is 26.8 Å². The first-order valence-corrected chi connectivity index (χ1v) is 6.00. The lowest BCUT2D eigenvalue weighted by Crippen LogP contribution is -2.39. The molecule has 1 amide bonds. The van der Waals surface area contributed by atoms with Crippen LogP contribution in [0.4, 0.5) is 13.2 Å². The van der Waals surface area contributed by atoms with E-state index in [9.17, 15) is 18.0 Å². The molecular weight excluding hydrogens is 255 g/mol. The number of carbonyl (C=O) groups is 1. The average Bonchev–Trinajstić information content (AvgIpc) is 2.23. The van der Waals surface area contributed by atoms with E-state index in [1.165, 1.54) is 24.3 Å². The second-order valence-electron chi connectivity index (χ2n) is 5.69. The van der Waals surface area contributed by atoms with Crippen LogP contribution >= 0.6 is 0 Å². The number of benzene rings is 1. The van der Waals surface area contributed by atoms with Crippen LogP contribution in [0.1, 0.15) is 38.8 Å². The normalized spacial score (nSPS) is 14.0. The zero-order valence-corrected chi connectivity index (χ0v) is 11.2. The molecule has 0 heterocycles. The van der Waals surface area contributed by atoms with Crippen molar-refractivity contribution >= 4 is 5.91 Å². The van der Waals surface area contributed by atoms with E-state index in [0.29, 0.717) is 0 Å². The average molecular weight is 273 g/mol. The maximum atomic E-state index is 13.0. The topological polar surface area (TPSA) is 29.1 Å². The summed E-state index contributed by atoms with van der Waals surface area (Å²) in [6.07, 6.45) is -4.46. The van der Waals surface area contributed by atoms with Crippen LogP contribution in [0, 0.1) is 5.41 Å². The minimum Gasteiger partial charge on any atom is -0.341 e. The van der Waals surface area contributed by atoms with Crippen LogP contribution in [0.15, 0.2) is 30.3 Å². The first-order chi connectivity index (χ1) is 8.59. The molecule has 0 radical (unpaired) electrons. The Kier molecular flexibility index (Phi) is 4.61. The van der Waals surface area contributed by atoms with Gasteiger partial charge in [0.2, 0.25) is 5.91 Å². The zero-order valence-electron chi connectivity index (χ0n) is 11.2. The third-order valence-corrected chi connectivity index (χ3v) is 2.46. The SMILES string of the molecule is CC(C)(C)CC(=O)N[C@@H](c1ccccc1)C(F)(F)F. The summed E-state index contributed by atoms with van der Waals surface area (Å²) in [5, 5.41) is 2.07. The number of halogens is 3. The third-order valence-electron chi connectivity index (χ3n) is 2.46. The fourth-order valence-electron chi connectivity index (χ4n) is 1.69. The van der Waals surface area contributed by atoms with Crippen LogP contribution in [0.3, 0.4) is 0 Å². The molecular formula is C14H18F3NO. The molecule has 106 valence electrons. The fourth-order valence-corrected chi connectivity index (χ4v) is 1.69. The quantitative estimate of drug-likeness (QED) is 0.890. The maximum Gasteiger partial charge on any atom is 0.412 e. The van der Waals surface area contributed by atoms with Crippen LogP contribution in [-0.2, 0) is 4.79 Å². The van der Waals surface area contributed by atoms with E-state index in [2.05, 4.69) is 5.32 Å². The third kappa shape index (κ3) is 5.32. The first-order valence-electron chi connectivity index (χ1n) is 6.00. The molecule has 0 aliphatic heterocycles. The molecule has 1 rings (SSSR count). The second-order valence-corrected chi connectivity index (χ2v) is 5.69. The Hall–Kier alpha value is -1.52. The Labute approximate surface area is 111 Å². The Balaban J connectivity index is 2.87. The fraction of sp³-hybridized carbons (Fsp3) is 0.500. The van der Waals surface area contributed by atoms with Crippen LogP contribution in [-0.4, -0.2) is 12.1 Å². The highest BCUT2D eigenvalue weighted by atomic mass is 19.4. The predicted molar refractivity (Wildman–Crippen MR) is 67.5 cm³/mol. The summed E-state index contributed by atoms with van der Waals surface area (Å²) < 4.78 is 39.0. The van der Waals surface area contributed by atoms with E-state index >= 15 is 0 Å². The van der Waals surface area contributed by atoms with Crippen LogP contribution in [0.5, 0.6) is 0 Å². The number of nitrogens with one attached hydrogen (secondary N) is 1. The van der Waals surface area contributed by atoms with E-state index in [1.807, 2.05) is 0 Å². The lowest BCUT2D eigenvalue weighted by molar-refractivity contribution is -0.164. The van der Waals surface area contributed by atoms with Gasteiger partial charge >= 0.3 is 6.18 Å². The number of amides is 1. The molecule has 1 aromatic rings. The van der Waals surface area contributed by atoms with E-state index in [4.69, 9.17) is 0 Å². The summed E-state index contributed by atoms with van der Waals surface area (Å²) in [5.74, 6) is -0.598. The van der Waals surface area contributed by atoms with Gasteiger partial charge in [0.15, 0.2) is 6.04 Å². The van der Waals surface area contributed by atoms with Gasteiger partial charge in [-0.2, -0.15) is 13.2 Å². The number of carbonyl (C=O) groups excluding carboxylic acids is 1. The van der Waals surface area contributed by atoms with Gasteiger partial charge in [0.25, 0.3) is 0 Å².